The van der Waals surface area contributed by atoms with Crippen LogP contribution in [0.4, 0.5) is 11.6 Å². The van der Waals surface area contributed by atoms with Gasteiger partial charge in [-0.05, 0) is 47.6 Å². The van der Waals surface area contributed by atoms with Gasteiger partial charge in [0.1, 0.15) is 3.70 Å². The Morgan fingerprint density at radius 2 is 1.83 bits per heavy atom. The number of pyridine rings is 1. The normalized spacial score (nSPS) is 17.4. The van der Waals surface area contributed by atoms with E-state index in [1.54, 1.807) is 24.5 Å². The highest BCUT2D eigenvalue weighted by Crippen LogP contribution is 2.26. The summed E-state index contributed by atoms with van der Waals surface area (Å²) in [6, 6.07) is 3.43. The molecule has 0 atom stereocenters. The van der Waals surface area contributed by atoms with Crippen LogP contribution >= 0.6 is 22.6 Å². The summed E-state index contributed by atoms with van der Waals surface area (Å²) in [7, 11) is 0. The summed E-state index contributed by atoms with van der Waals surface area (Å²) >= 11 is 1.89. The van der Waals surface area contributed by atoms with E-state index in [1.165, 1.54) is 0 Å². The molecule has 2 aliphatic rings. The molecular weight excluding hydrogens is 501 g/mol. The Hall–Kier alpha value is -3.03. The molecule has 30 heavy (non-hydrogen) atoms. The van der Waals surface area contributed by atoms with Gasteiger partial charge in [0.2, 0.25) is 0 Å². The second-order valence-electron chi connectivity index (χ2n) is 7.19. The minimum Gasteiger partial charge on any atom is -0.382 e. The molecular formula is C18H20IN9O2. The lowest BCUT2D eigenvalue weighted by molar-refractivity contribution is 0.0668. The first kappa shape index (κ1) is 20.3. The summed E-state index contributed by atoms with van der Waals surface area (Å²) in [5.74, 6) is -0.0187. The molecule has 2 aromatic rings. The van der Waals surface area contributed by atoms with Gasteiger partial charge in [-0.15, -0.1) is 0 Å². The molecule has 0 aromatic carbocycles. The van der Waals surface area contributed by atoms with Gasteiger partial charge in [0.15, 0.2) is 23.3 Å². The van der Waals surface area contributed by atoms with Gasteiger partial charge < -0.3 is 21.7 Å². The zero-order valence-corrected chi connectivity index (χ0v) is 18.1. The van der Waals surface area contributed by atoms with Gasteiger partial charge in [0, 0.05) is 31.0 Å². The maximum absolute atomic E-state index is 12.6. The number of piperidine rings is 1. The molecule has 2 amide bonds. The van der Waals surface area contributed by atoms with Crippen molar-refractivity contribution in [3.8, 4) is 0 Å². The van der Waals surface area contributed by atoms with Crippen LogP contribution in [-0.2, 0) is 0 Å². The number of hydrogen-bond donors (Lipinski definition) is 4. The molecule has 0 saturated carbocycles. The van der Waals surface area contributed by atoms with Crippen LogP contribution in [0, 0.1) is 3.70 Å². The van der Waals surface area contributed by atoms with Crippen molar-refractivity contribution in [2.45, 2.75) is 18.4 Å². The second kappa shape index (κ2) is 8.01. The third-order valence-corrected chi connectivity index (χ3v) is 6.00. The SMILES string of the molecule is Nc1nc(N)c(C(=O)NC2=NCC3(CCN(C(=O)c4ccncc4)CC3)N2)nc1I. The van der Waals surface area contributed by atoms with Crippen molar-refractivity contribution in [3.05, 3.63) is 39.5 Å². The lowest BCUT2D eigenvalue weighted by Gasteiger charge is -2.39. The second-order valence-corrected chi connectivity index (χ2v) is 8.21. The van der Waals surface area contributed by atoms with Crippen molar-refractivity contribution in [2.75, 3.05) is 31.1 Å². The van der Waals surface area contributed by atoms with Gasteiger partial charge in [-0.3, -0.25) is 24.9 Å². The fourth-order valence-corrected chi connectivity index (χ4v) is 3.87. The van der Waals surface area contributed by atoms with Crippen molar-refractivity contribution >= 4 is 52.0 Å². The van der Waals surface area contributed by atoms with Crippen molar-refractivity contribution in [1.29, 1.82) is 0 Å². The smallest absolute Gasteiger partial charge is 0.280 e. The Bertz CT molecular complexity index is 1020. The number of hydrogen-bond acceptors (Lipinski definition) is 9. The molecule has 0 radical (unpaired) electrons. The Morgan fingerprint density at radius 3 is 2.53 bits per heavy atom. The average Bonchev–Trinajstić information content (AvgIpc) is 3.13. The molecule has 4 rings (SSSR count). The number of nitrogens with zero attached hydrogens (tertiary/aromatic N) is 5. The lowest BCUT2D eigenvalue weighted by atomic mass is 9.88. The number of likely N-dealkylation sites (tertiary alicyclic amines) is 1. The summed E-state index contributed by atoms with van der Waals surface area (Å²) < 4.78 is 0.399. The predicted octanol–water partition coefficient (Wildman–Crippen LogP) is 0.00460. The molecule has 0 unspecified atom stereocenters. The van der Waals surface area contributed by atoms with E-state index < -0.39 is 5.91 Å². The number of carbonyl (C=O) groups is 2. The van der Waals surface area contributed by atoms with Gasteiger partial charge >= 0.3 is 0 Å². The highest BCUT2D eigenvalue weighted by atomic mass is 127. The number of rotatable bonds is 2. The van der Waals surface area contributed by atoms with Crippen LogP contribution in [0.25, 0.3) is 0 Å². The van der Waals surface area contributed by atoms with Crippen LogP contribution in [0.3, 0.4) is 0 Å². The topological polar surface area (TPSA) is 165 Å². The quantitative estimate of drug-likeness (QED) is 0.402. The molecule has 4 heterocycles. The van der Waals surface area contributed by atoms with Crippen LogP contribution in [0.15, 0.2) is 29.5 Å². The minimum atomic E-state index is -0.508. The summed E-state index contributed by atoms with van der Waals surface area (Å²) in [4.78, 5) is 43.4. The Labute approximate surface area is 185 Å². The molecule has 2 aliphatic heterocycles. The van der Waals surface area contributed by atoms with Crippen molar-refractivity contribution < 1.29 is 9.59 Å². The molecule has 156 valence electrons. The maximum Gasteiger partial charge on any atom is 0.280 e. The minimum absolute atomic E-state index is 0.00295. The van der Waals surface area contributed by atoms with E-state index in [4.69, 9.17) is 11.5 Å². The van der Waals surface area contributed by atoms with E-state index in [9.17, 15) is 9.59 Å². The monoisotopic (exact) mass is 521 g/mol. The van der Waals surface area contributed by atoms with Crippen molar-refractivity contribution in [3.63, 3.8) is 0 Å². The fraction of sp³-hybridized carbons (Fsp3) is 0.333. The number of nitrogens with two attached hydrogens (primary N) is 2. The molecule has 0 aliphatic carbocycles. The molecule has 1 saturated heterocycles. The Morgan fingerprint density at radius 1 is 1.13 bits per heavy atom. The van der Waals surface area contributed by atoms with Gasteiger partial charge in [-0.25, -0.2) is 9.97 Å². The van der Waals surface area contributed by atoms with Gasteiger partial charge in [-0.1, -0.05) is 0 Å². The van der Waals surface area contributed by atoms with Crippen LogP contribution in [0.1, 0.15) is 33.7 Å². The van der Waals surface area contributed by atoms with Crippen molar-refractivity contribution in [1.82, 2.24) is 30.5 Å². The number of aliphatic imine (C=N–C) groups is 1. The first-order valence-corrected chi connectivity index (χ1v) is 10.4. The van der Waals surface area contributed by atoms with E-state index in [0.717, 1.165) is 0 Å². The number of halogens is 1. The molecule has 1 spiro atoms. The van der Waals surface area contributed by atoms with E-state index in [-0.39, 0.29) is 28.8 Å². The number of guanidine groups is 1. The number of nitrogens with one attached hydrogen (secondary N) is 2. The number of aromatic nitrogens is 3. The van der Waals surface area contributed by atoms with Gasteiger partial charge in [0.05, 0.1) is 12.1 Å². The summed E-state index contributed by atoms with van der Waals surface area (Å²) in [6.45, 7) is 1.71. The maximum atomic E-state index is 12.6. The van der Waals surface area contributed by atoms with E-state index in [0.29, 0.717) is 47.7 Å². The zero-order chi connectivity index (χ0) is 21.3. The summed E-state index contributed by atoms with van der Waals surface area (Å²) in [6.07, 6.45) is 4.65. The number of amides is 2. The molecule has 6 N–H and O–H groups in total. The fourth-order valence-electron chi connectivity index (χ4n) is 3.50. The van der Waals surface area contributed by atoms with Crippen LogP contribution in [0.2, 0.25) is 0 Å². The third kappa shape index (κ3) is 3.99. The van der Waals surface area contributed by atoms with Gasteiger partial charge in [0.25, 0.3) is 11.8 Å². The average molecular weight is 521 g/mol. The van der Waals surface area contributed by atoms with Crippen LogP contribution in [-0.4, -0.2) is 62.8 Å². The number of carbonyl (C=O) groups excluding carboxylic acids is 2. The third-order valence-electron chi connectivity index (χ3n) is 5.21. The zero-order valence-electron chi connectivity index (χ0n) is 15.9. The van der Waals surface area contributed by atoms with E-state index in [2.05, 4.69) is 30.6 Å². The molecule has 11 nitrogen and oxygen atoms in total. The summed E-state index contributed by atoms with van der Waals surface area (Å²) in [5.41, 5.74) is 11.8. The molecule has 2 aromatic heterocycles. The molecule has 12 heteroatoms. The van der Waals surface area contributed by atoms with Crippen LogP contribution < -0.4 is 22.1 Å². The Kier molecular flexibility index (Phi) is 5.40. The van der Waals surface area contributed by atoms with E-state index >= 15 is 0 Å². The van der Waals surface area contributed by atoms with Gasteiger partial charge in [-0.2, -0.15) is 0 Å². The highest BCUT2D eigenvalue weighted by molar-refractivity contribution is 14.1. The number of anilines is 2. The first-order chi connectivity index (χ1) is 14.4. The molecule has 1 fully saturated rings. The largest absolute Gasteiger partial charge is 0.382 e. The summed E-state index contributed by atoms with van der Waals surface area (Å²) in [5, 5.41) is 6.01. The van der Waals surface area contributed by atoms with E-state index in [1.807, 2.05) is 27.5 Å². The Balaban J connectivity index is 1.35. The van der Waals surface area contributed by atoms with Crippen molar-refractivity contribution in [2.24, 2.45) is 4.99 Å². The predicted molar refractivity (Wildman–Crippen MR) is 119 cm³/mol. The standard InChI is InChI=1S/C18H20IN9O2/c19-12-14(21)25-13(20)11(24-12)15(29)26-17-23-9-18(27-17)3-7-28(8-4-18)16(30)10-1-5-22-6-2-10/h1-2,5-6H,3-4,7-9H2,(H4,20,21,25)(H2,23,26,27,29). The number of nitrogen functional groups attached to an aromatic ring is 2. The molecule has 0 bridgehead atoms. The lowest BCUT2D eigenvalue weighted by Crippen LogP contribution is -2.57. The highest BCUT2D eigenvalue weighted by Gasteiger charge is 2.40. The van der Waals surface area contributed by atoms with Crippen LogP contribution in [0.5, 0.6) is 0 Å². The first-order valence-electron chi connectivity index (χ1n) is 9.29.